The number of likely N-dealkylation sites (N-methyl/N-ethyl adjacent to an activating group) is 1. The lowest BCUT2D eigenvalue weighted by Gasteiger charge is -2.50. The van der Waals surface area contributed by atoms with Gasteiger partial charge < -0.3 is 30.3 Å². The quantitative estimate of drug-likeness (QED) is 0.108. The topological polar surface area (TPSA) is 226 Å². The monoisotopic (exact) mass is 601 g/mol. The molecule has 4 heterocycles. The summed E-state index contributed by atoms with van der Waals surface area (Å²) in [5.74, 6) is -2.72. The molecule has 3 aliphatic rings. The van der Waals surface area contributed by atoms with E-state index in [4.69, 9.17) is 15.7 Å². The molecule has 0 bridgehead atoms. The van der Waals surface area contributed by atoms with Gasteiger partial charge >= 0.3 is 0 Å². The van der Waals surface area contributed by atoms with Crippen LogP contribution < -0.4 is 21.3 Å². The van der Waals surface area contributed by atoms with Gasteiger partial charge in [-0.05, 0) is 11.6 Å². The van der Waals surface area contributed by atoms with E-state index < -0.39 is 39.4 Å². The molecule has 1 aromatic rings. The molecular formula is C20H27N9O7S3. The molecule has 19 heteroatoms. The van der Waals surface area contributed by atoms with Gasteiger partial charge in [0.15, 0.2) is 5.13 Å². The van der Waals surface area contributed by atoms with E-state index >= 15 is 0 Å². The molecule has 2 fully saturated rings. The van der Waals surface area contributed by atoms with Crippen molar-refractivity contribution >= 4 is 62.1 Å². The molecule has 39 heavy (non-hydrogen) atoms. The Bertz CT molecular complexity index is 1370. The third kappa shape index (κ3) is 6.07. The summed E-state index contributed by atoms with van der Waals surface area (Å²) >= 11 is 2.14. The van der Waals surface area contributed by atoms with Crippen LogP contribution in [-0.2, 0) is 29.4 Å². The lowest BCUT2D eigenvalue weighted by Crippen LogP contribution is -2.71. The van der Waals surface area contributed by atoms with Crippen LogP contribution in [0.5, 0.6) is 0 Å². The number of piperazine rings is 1. The molecule has 0 aromatic carbocycles. The number of carbonyl (C=O) groups excluding carboxylic acids is 3. The number of hydrogen-bond acceptors (Lipinski definition) is 13. The Hall–Kier alpha value is -3.10. The van der Waals surface area contributed by atoms with E-state index in [1.807, 2.05) is 7.05 Å². The number of aliphatic carboxylic acids is 1. The standard InChI is InChI=1S/C20H27N9O7S3/c1-29(8-5-27(6-9-29)39(22,34)35)7-3-4-11-10-37-18-13(17(31)28(18)14(11)19(32)33)23-16(30)12(25-36-2)15-24-20(21)38-26-15/h3-4,13,18H,5-10H2,1-2H3,(H5-,21,22,23,24,26,30,32,33,34,35)/b4-3+,25-12-/t13-,18+/m1/s1. The minimum Gasteiger partial charge on any atom is -0.543 e. The Morgan fingerprint density at radius 3 is 2.62 bits per heavy atom. The number of nitrogens with one attached hydrogen (secondary N) is 1. The third-order valence-corrected chi connectivity index (χ3v) is 9.46. The van der Waals surface area contributed by atoms with Crippen molar-refractivity contribution in [3.05, 3.63) is 29.2 Å². The number of nitrogens with zero attached hydrogens (tertiary/aromatic N) is 6. The van der Waals surface area contributed by atoms with Crippen LogP contribution >= 0.6 is 23.3 Å². The summed E-state index contributed by atoms with van der Waals surface area (Å²) in [5.41, 5.74) is 5.43. The lowest BCUT2D eigenvalue weighted by atomic mass is 10.0. The number of nitrogen functional groups attached to an aromatic ring is 1. The first kappa shape index (κ1) is 28.9. The molecule has 0 radical (unpaired) electrons. The number of anilines is 1. The van der Waals surface area contributed by atoms with Gasteiger partial charge in [-0.1, -0.05) is 11.2 Å². The number of aromatic nitrogens is 2. The molecule has 212 valence electrons. The highest BCUT2D eigenvalue weighted by Gasteiger charge is 2.53. The molecule has 5 N–H and O–H groups in total. The van der Waals surface area contributed by atoms with E-state index in [9.17, 15) is 27.9 Å². The van der Waals surface area contributed by atoms with Crippen molar-refractivity contribution in [1.82, 2.24) is 23.9 Å². The van der Waals surface area contributed by atoms with Crippen LogP contribution in [0.1, 0.15) is 5.82 Å². The molecule has 2 atom stereocenters. The second-order valence-corrected chi connectivity index (χ2v) is 12.6. The van der Waals surface area contributed by atoms with E-state index in [2.05, 4.69) is 19.8 Å². The van der Waals surface area contributed by atoms with Gasteiger partial charge in [0.05, 0.1) is 51.4 Å². The van der Waals surface area contributed by atoms with Gasteiger partial charge in [0.1, 0.15) is 18.5 Å². The van der Waals surface area contributed by atoms with Gasteiger partial charge in [0.2, 0.25) is 11.5 Å². The van der Waals surface area contributed by atoms with Crippen molar-refractivity contribution in [1.29, 1.82) is 0 Å². The maximum atomic E-state index is 13.0. The fourth-order valence-corrected chi connectivity index (χ4v) is 6.82. The van der Waals surface area contributed by atoms with Crippen molar-refractivity contribution in [2.45, 2.75) is 11.4 Å². The zero-order valence-electron chi connectivity index (χ0n) is 21.0. The number of oxime groups is 1. The number of hydrogen-bond donors (Lipinski definition) is 3. The van der Waals surface area contributed by atoms with E-state index in [0.29, 0.717) is 29.7 Å². The average Bonchev–Trinajstić information content (AvgIpc) is 3.30. The zero-order chi connectivity index (χ0) is 28.5. The SMILES string of the molecule is CO/N=C(\C(=O)N[C@@H]1C(=O)N2C(C(=O)[O-])=C(/C=C/C[N+]3(C)CCN(S(N)(=O)=O)CC3)CS[C@@H]12)c1nsc(N)n1. The molecule has 16 nitrogen and oxygen atoms in total. The Balaban J connectivity index is 1.44. The van der Waals surface area contributed by atoms with E-state index in [1.54, 1.807) is 12.2 Å². The first-order chi connectivity index (χ1) is 18.3. The van der Waals surface area contributed by atoms with E-state index in [-0.39, 0.29) is 41.2 Å². The second-order valence-electron chi connectivity index (χ2n) is 9.20. The smallest absolute Gasteiger partial charge is 0.278 e. The zero-order valence-corrected chi connectivity index (χ0v) is 23.4. The summed E-state index contributed by atoms with van der Waals surface area (Å²) in [6.45, 7) is 2.15. The summed E-state index contributed by atoms with van der Waals surface area (Å²) in [7, 11) is -0.542. The number of quaternary nitrogens is 1. The summed E-state index contributed by atoms with van der Waals surface area (Å²) in [5, 5.41) is 22.9. The van der Waals surface area contributed by atoms with Crippen LogP contribution in [0, 0.1) is 0 Å². The van der Waals surface area contributed by atoms with Crippen molar-refractivity contribution in [2.75, 3.05) is 58.4 Å². The van der Waals surface area contributed by atoms with E-state index in [0.717, 1.165) is 16.4 Å². The second kappa shape index (κ2) is 11.2. The molecular weight excluding hydrogens is 574 g/mol. The Morgan fingerprint density at radius 1 is 1.36 bits per heavy atom. The number of nitrogens with two attached hydrogens (primary N) is 2. The number of allylic oxidation sites excluding steroid dienone is 1. The van der Waals surface area contributed by atoms with Gasteiger partial charge in [-0.3, -0.25) is 14.5 Å². The van der Waals surface area contributed by atoms with Crippen molar-refractivity contribution in [2.24, 2.45) is 10.3 Å². The van der Waals surface area contributed by atoms with Gasteiger partial charge in [-0.2, -0.15) is 22.1 Å². The highest BCUT2D eigenvalue weighted by molar-refractivity contribution is 8.00. The van der Waals surface area contributed by atoms with Crippen LogP contribution in [0.4, 0.5) is 5.13 Å². The van der Waals surface area contributed by atoms with Crippen LogP contribution in [-0.4, -0.2) is 119 Å². The number of fused-ring (bicyclic) bond motifs is 1. The first-order valence-electron chi connectivity index (χ1n) is 11.5. The largest absolute Gasteiger partial charge is 0.543 e. The average molecular weight is 602 g/mol. The van der Waals surface area contributed by atoms with Gasteiger partial charge in [-0.25, -0.2) is 5.14 Å². The van der Waals surface area contributed by atoms with E-state index in [1.165, 1.54) is 23.2 Å². The highest BCUT2D eigenvalue weighted by Crippen LogP contribution is 2.40. The molecule has 4 rings (SSSR count). The fraction of sp³-hybridized carbons (Fsp3) is 0.500. The van der Waals surface area contributed by atoms with Crippen molar-refractivity contribution < 1.29 is 37.2 Å². The summed E-state index contributed by atoms with van der Waals surface area (Å²) in [6.07, 6.45) is 3.44. The van der Waals surface area contributed by atoms with Gasteiger partial charge in [0, 0.05) is 17.3 Å². The minimum absolute atomic E-state index is 0.0676. The Labute approximate surface area is 232 Å². The number of amides is 2. The Kier molecular flexibility index (Phi) is 8.28. The molecule has 1 aromatic heterocycles. The minimum atomic E-state index is -3.74. The van der Waals surface area contributed by atoms with Crippen LogP contribution in [0.15, 0.2) is 28.6 Å². The summed E-state index contributed by atoms with van der Waals surface area (Å²) in [4.78, 5) is 47.5. The van der Waals surface area contributed by atoms with Gasteiger partial charge in [-0.15, -0.1) is 11.8 Å². The number of carbonyl (C=O) groups is 3. The maximum absolute atomic E-state index is 13.0. The molecule has 0 aliphatic carbocycles. The number of rotatable bonds is 9. The predicted octanol–water partition coefficient (Wildman–Crippen LogP) is -3.60. The number of thioether (sulfide) groups is 1. The lowest BCUT2D eigenvalue weighted by molar-refractivity contribution is -0.907. The first-order valence-corrected chi connectivity index (χ1v) is 14.9. The van der Waals surface area contributed by atoms with Crippen molar-refractivity contribution in [3.63, 3.8) is 0 Å². The number of β-lactam (4-membered cyclic amide) rings is 1. The molecule has 0 saturated carbocycles. The normalized spacial score (nSPS) is 23.9. The number of carboxylic acids is 1. The van der Waals surface area contributed by atoms with Crippen LogP contribution in [0.2, 0.25) is 0 Å². The fourth-order valence-electron chi connectivity index (χ4n) is 4.39. The van der Waals surface area contributed by atoms with Crippen LogP contribution in [0.25, 0.3) is 0 Å². The molecule has 2 amide bonds. The summed E-state index contributed by atoms with van der Waals surface area (Å²) in [6, 6.07) is -1.01. The highest BCUT2D eigenvalue weighted by atomic mass is 32.2. The predicted molar refractivity (Wildman–Crippen MR) is 140 cm³/mol. The van der Waals surface area contributed by atoms with Crippen molar-refractivity contribution in [3.8, 4) is 0 Å². The van der Waals surface area contributed by atoms with Crippen LogP contribution in [0.3, 0.4) is 0 Å². The summed E-state index contributed by atoms with van der Waals surface area (Å²) < 4.78 is 28.8. The molecule has 0 spiro atoms. The molecule has 3 aliphatic heterocycles. The third-order valence-electron chi connectivity index (χ3n) is 6.53. The molecule has 0 unspecified atom stereocenters. The molecule has 2 saturated heterocycles. The maximum Gasteiger partial charge on any atom is 0.278 e. The Morgan fingerprint density at radius 2 is 2.05 bits per heavy atom. The van der Waals surface area contributed by atoms with Gasteiger partial charge in [0.25, 0.3) is 22.0 Å². The number of carboxylic acid groups (broad SMARTS) is 1.